The van der Waals surface area contributed by atoms with Crippen molar-refractivity contribution in [1.82, 2.24) is 4.98 Å². The summed E-state index contributed by atoms with van der Waals surface area (Å²) in [7, 11) is 1.79. The maximum atomic E-state index is 12.0. The summed E-state index contributed by atoms with van der Waals surface area (Å²) in [6.07, 6.45) is 1.60. The molecule has 0 aliphatic heterocycles. The van der Waals surface area contributed by atoms with Gasteiger partial charge in [0.15, 0.2) is 0 Å². The van der Waals surface area contributed by atoms with Gasteiger partial charge in [-0.25, -0.2) is 4.98 Å². The molecule has 0 aliphatic carbocycles. The van der Waals surface area contributed by atoms with Gasteiger partial charge in [-0.1, -0.05) is 11.6 Å². The normalized spacial score (nSPS) is 10.1. The zero-order chi connectivity index (χ0) is 13.8. The smallest absolute Gasteiger partial charge is 0.274 e. The van der Waals surface area contributed by atoms with Gasteiger partial charge in [-0.2, -0.15) is 0 Å². The molecule has 0 radical (unpaired) electrons. The molecule has 1 heterocycles. The number of halogens is 2. The minimum absolute atomic E-state index is 0.273. The van der Waals surface area contributed by atoms with E-state index in [1.165, 1.54) is 0 Å². The van der Waals surface area contributed by atoms with Gasteiger partial charge in [0, 0.05) is 16.5 Å². The van der Waals surface area contributed by atoms with E-state index in [-0.39, 0.29) is 5.91 Å². The highest BCUT2D eigenvalue weighted by Gasteiger charge is 2.09. The Balaban J connectivity index is 2.15. The third-order valence-corrected chi connectivity index (χ3v) is 3.36. The maximum absolute atomic E-state index is 12.0. The van der Waals surface area contributed by atoms with Crippen LogP contribution in [0.15, 0.2) is 41.0 Å². The first kappa shape index (κ1) is 13.8. The summed E-state index contributed by atoms with van der Waals surface area (Å²) in [5.41, 5.74) is 1.85. The van der Waals surface area contributed by atoms with Crippen LogP contribution in [-0.2, 0) is 0 Å². The fraction of sp³-hybridized carbons (Fsp3) is 0.0769. The molecule has 4 nitrogen and oxygen atoms in total. The van der Waals surface area contributed by atoms with Gasteiger partial charge in [0.2, 0.25) is 0 Å². The van der Waals surface area contributed by atoms with E-state index in [1.54, 1.807) is 43.6 Å². The van der Waals surface area contributed by atoms with Crippen LogP contribution >= 0.6 is 27.5 Å². The Bertz CT molecular complexity index is 601. The molecular formula is C13H11BrClN3O. The van der Waals surface area contributed by atoms with Gasteiger partial charge in [0.1, 0.15) is 5.69 Å². The van der Waals surface area contributed by atoms with Gasteiger partial charge >= 0.3 is 0 Å². The summed E-state index contributed by atoms with van der Waals surface area (Å²) in [4.78, 5) is 16.1. The summed E-state index contributed by atoms with van der Waals surface area (Å²) in [6.45, 7) is 0. The molecule has 6 heteroatoms. The highest BCUT2D eigenvalue weighted by molar-refractivity contribution is 9.10. The second-order valence-electron chi connectivity index (χ2n) is 3.76. The Hall–Kier alpha value is -1.59. The van der Waals surface area contributed by atoms with Crippen LogP contribution in [0.25, 0.3) is 0 Å². The molecule has 2 rings (SSSR count). The summed E-state index contributed by atoms with van der Waals surface area (Å²) < 4.78 is 0.722. The Morgan fingerprint density at radius 1 is 1.32 bits per heavy atom. The van der Waals surface area contributed by atoms with Crippen molar-refractivity contribution in [2.45, 2.75) is 0 Å². The summed E-state index contributed by atoms with van der Waals surface area (Å²) in [5, 5.41) is 6.30. The largest absolute Gasteiger partial charge is 0.387 e. The number of benzene rings is 1. The number of anilines is 2. The number of pyridine rings is 1. The van der Waals surface area contributed by atoms with Crippen molar-refractivity contribution < 1.29 is 4.79 Å². The average Bonchev–Trinajstić information content (AvgIpc) is 2.42. The number of rotatable bonds is 3. The lowest BCUT2D eigenvalue weighted by molar-refractivity contribution is 0.102. The van der Waals surface area contributed by atoms with Crippen LogP contribution < -0.4 is 10.6 Å². The zero-order valence-corrected chi connectivity index (χ0v) is 12.4. The van der Waals surface area contributed by atoms with Crippen molar-refractivity contribution in [1.29, 1.82) is 0 Å². The number of nitrogens with zero attached hydrogens (tertiary/aromatic N) is 1. The van der Waals surface area contributed by atoms with Crippen molar-refractivity contribution >= 4 is 44.8 Å². The molecule has 98 valence electrons. The average molecular weight is 341 g/mol. The molecule has 0 unspecified atom stereocenters. The van der Waals surface area contributed by atoms with E-state index in [4.69, 9.17) is 11.6 Å². The molecule has 2 aromatic rings. The molecule has 1 amide bonds. The number of nitrogens with one attached hydrogen (secondary N) is 2. The van der Waals surface area contributed by atoms with E-state index in [2.05, 4.69) is 31.5 Å². The van der Waals surface area contributed by atoms with E-state index in [1.807, 2.05) is 0 Å². The van der Waals surface area contributed by atoms with Gasteiger partial charge in [-0.15, -0.1) is 0 Å². The van der Waals surface area contributed by atoms with Crippen molar-refractivity contribution in [3.8, 4) is 0 Å². The molecule has 0 fully saturated rings. The number of hydrogen-bond donors (Lipinski definition) is 2. The highest BCUT2D eigenvalue weighted by Crippen LogP contribution is 2.26. The van der Waals surface area contributed by atoms with Crippen LogP contribution in [0.2, 0.25) is 5.02 Å². The molecule has 0 aliphatic rings. The van der Waals surface area contributed by atoms with E-state index in [0.717, 1.165) is 10.2 Å². The first-order chi connectivity index (χ1) is 9.10. The first-order valence-electron chi connectivity index (χ1n) is 5.50. The molecule has 0 bridgehead atoms. The van der Waals surface area contributed by atoms with E-state index < -0.39 is 0 Å². The Morgan fingerprint density at radius 3 is 2.68 bits per heavy atom. The van der Waals surface area contributed by atoms with Crippen LogP contribution in [0, 0.1) is 0 Å². The fourth-order valence-corrected chi connectivity index (χ4v) is 2.24. The lowest BCUT2D eigenvalue weighted by atomic mass is 10.3. The topological polar surface area (TPSA) is 54.0 Å². The molecule has 19 heavy (non-hydrogen) atoms. The second-order valence-corrected chi connectivity index (χ2v) is 5.05. The van der Waals surface area contributed by atoms with Gasteiger partial charge in [-0.05, 0) is 46.3 Å². The van der Waals surface area contributed by atoms with Crippen LogP contribution in [0.1, 0.15) is 10.5 Å². The molecule has 0 spiro atoms. The van der Waals surface area contributed by atoms with Gasteiger partial charge in [0.05, 0.1) is 17.6 Å². The van der Waals surface area contributed by atoms with E-state index in [0.29, 0.717) is 16.4 Å². The lowest BCUT2D eigenvalue weighted by Crippen LogP contribution is -2.14. The van der Waals surface area contributed by atoms with Gasteiger partial charge in [-0.3, -0.25) is 4.79 Å². The Morgan fingerprint density at radius 2 is 2.11 bits per heavy atom. The maximum Gasteiger partial charge on any atom is 0.274 e. The molecule has 1 aromatic heterocycles. The lowest BCUT2D eigenvalue weighted by Gasteiger charge is -2.07. The van der Waals surface area contributed by atoms with Crippen molar-refractivity contribution in [2.24, 2.45) is 0 Å². The van der Waals surface area contributed by atoms with Gasteiger partial charge < -0.3 is 10.6 Å². The number of amides is 1. The zero-order valence-electron chi connectivity index (χ0n) is 10.1. The van der Waals surface area contributed by atoms with Crippen LogP contribution in [0.3, 0.4) is 0 Å². The number of carbonyl (C=O) groups excluding carboxylic acids is 1. The van der Waals surface area contributed by atoms with Gasteiger partial charge in [0.25, 0.3) is 5.91 Å². The monoisotopic (exact) mass is 339 g/mol. The summed E-state index contributed by atoms with van der Waals surface area (Å²) in [6, 6.07) is 8.60. The van der Waals surface area contributed by atoms with Crippen molar-refractivity contribution in [3.63, 3.8) is 0 Å². The molecular weight excluding hydrogens is 330 g/mol. The summed E-state index contributed by atoms with van der Waals surface area (Å²) in [5.74, 6) is -0.273. The van der Waals surface area contributed by atoms with Crippen LogP contribution in [0.4, 0.5) is 11.4 Å². The van der Waals surface area contributed by atoms with E-state index >= 15 is 0 Å². The molecule has 0 atom stereocenters. The molecule has 0 saturated heterocycles. The minimum atomic E-state index is -0.273. The SMILES string of the molecule is CNc1ccc(C(=O)Nc2ccc(Cl)cc2Br)nc1. The van der Waals surface area contributed by atoms with Crippen LogP contribution in [-0.4, -0.2) is 17.9 Å². The van der Waals surface area contributed by atoms with E-state index in [9.17, 15) is 4.79 Å². The Labute approximate surface area is 124 Å². The number of aromatic nitrogens is 1. The summed E-state index contributed by atoms with van der Waals surface area (Å²) >= 11 is 9.18. The van der Waals surface area contributed by atoms with Crippen LogP contribution in [0.5, 0.6) is 0 Å². The minimum Gasteiger partial charge on any atom is -0.387 e. The quantitative estimate of drug-likeness (QED) is 0.894. The fourth-order valence-electron chi connectivity index (χ4n) is 1.45. The molecule has 2 N–H and O–H groups in total. The Kier molecular flexibility index (Phi) is 4.39. The number of carbonyl (C=O) groups is 1. The highest BCUT2D eigenvalue weighted by atomic mass is 79.9. The number of hydrogen-bond acceptors (Lipinski definition) is 3. The predicted octanol–water partition coefficient (Wildman–Crippen LogP) is 3.79. The third-order valence-electron chi connectivity index (χ3n) is 2.46. The third kappa shape index (κ3) is 3.45. The predicted molar refractivity (Wildman–Crippen MR) is 80.9 cm³/mol. The second kappa shape index (κ2) is 6.04. The first-order valence-corrected chi connectivity index (χ1v) is 6.67. The van der Waals surface area contributed by atoms with Crippen molar-refractivity contribution in [3.05, 3.63) is 51.7 Å². The standard InChI is InChI=1S/C13H11BrClN3O/c1-16-9-3-5-12(17-7-9)13(19)18-11-4-2-8(15)6-10(11)14/h2-7,16H,1H3,(H,18,19). The molecule has 0 saturated carbocycles. The molecule has 1 aromatic carbocycles. The van der Waals surface area contributed by atoms with Crippen molar-refractivity contribution in [2.75, 3.05) is 17.7 Å².